The van der Waals surface area contributed by atoms with Crippen molar-refractivity contribution in [2.24, 2.45) is 11.6 Å². The highest BCUT2D eigenvalue weighted by molar-refractivity contribution is 5.43. The Morgan fingerprint density at radius 2 is 2.00 bits per heavy atom. The first-order valence-corrected chi connectivity index (χ1v) is 4.02. The van der Waals surface area contributed by atoms with Gasteiger partial charge in [0.2, 0.25) is 0 Å². The fourth-order valence-corrected chi connectivity index (χ4v) is 0.918. The van der Waals surface area contributed by atoms with Crippen LogP contribution in [0.3, 0.4) is 0 Å². The van der Waals surface area contributed by atoms with Gasteiger partial charge in [-0.25, -0.2) is 0 Å². The number of nitrogens with two attached hydrogens (primary N) is 2. The standard InChI is InChI=1S/C9H14N4/c10-8(7-13-11)6-12-9-4-2-1-3-5-9/h1-5,7,12-13H,6,10-11H2/b8-7-. The Morgan fingerprint density at radius 3 is 2.62 bits per heavy atom. The molecule has 4 nitrogen and oxygen atoms in total. The van der Waals surface area contributed by atoms with Gasteiger partial charge in [0.05, 0.1) is 6.54 Å². The largest absolute Gasteiger partial charge is 0.399 e. The van der Waals surface area contributed by atoms with Gasteiger partial charge in [0, 0.05) is 17.6 Å². The maximum absolute atomic E-state index is 5.59. The predicted octanol–water partition coefficient (Wildman–Crippen LogP) is 0.362. The summed E-state index contributed by atoms with van der Waals surface area (Å²) in [4.78, 5) is 0. The maximum atomic E-state index is 5.59. The summed E-state index contributed by atoms with van der Waals surface area (Å²) in [5, 5.41) is 3.14. The average Bonchev–Trinajstić information content (AvgIpc) is 2.17. The number of rotatable bonds is 4. The number of anilines is 1. The summed E-state index contributed by atoms with van der Waals surface area (Å²) in [6.07, 6.45) is 1.55. The van der Waals surface area contributed by atoms with E-state index in [2.05, 4.69) is 10.7 Å². The number of benzene rings is 1. The highest BCUT2D eigenvalue weighted by atomic mass is 15.2. The van der Waals surface area contributed by atoms with Crippen LogP contribution in [0.5, 0.6) is 0 Å². The molecule has 1 aromatic carbocycles. The zero-order valence-corrected chi connectivity index (χ0v) is 7.33. The Labute approximate surface area is 77.6 Å². The van der Waals surface area contributed by atoms with Crippen molar-refractivity contribution in [1.82, 2.24) is 5.43 Å². The van der Waals surface area contributed by atoms with Crippen molar-refractivity contribution in [2.45, 2.75) is 0 Å². The first-order valence-electron chi connectivity index (χ1n) is 4.02. The molecular formula is C9H14N4. The lowest BCUT2D eigenvalue weighted by Crippen LogP contribution is -2.20. The molecule has 1 aromatic rings. The Kier molecular flexibility index (Phi) is 3.66. The van der Waals surface area contributed by atoms with Gasteiger partial charge in [-0.1, -0.05) is 18.2 Å². The fourth-order valence-electron chi connectivity index (χ4n) is 0.918. The Hall–Kier alpha value is -1.68. The van der Waals surface area contributed by atoms with Gasteiger partial charge in [-0.3, -0.25) is 5.84 Å². The molecule has 0 aromatic heterocycles. The molecule has 0 aliphatic rings. The molecule has 0 spiro atoms. The molecule has 6 N–H and O–H groups in total. The summed E-state index contributed by atoms with van der Waals surface area (Å²) in [5.41, 5.74) is 9.66. The van der Waals surface area contributed by atoms with Crippen LogP contribution in [0.15, 0.2) is 42.2 Å². The second kappa shape index (κ2) is 5.05. The Bertz CT molecular complexity index is 268. The first kappa shape index (κ1) is 9.41. The van der Waals surface area contributed by atoms with Crippen LogP contribution in [0.4, 0.5) is 5.69 Å². The molecule has 1 rings (SSSR count). The van der Waals surface area contributed by atoms with E-state index >= 15 is 0 Å². The Morgan fingerprint density at radius 1 is 1.31 bits per heavy atom. The third-order valence-electron chi connectivity index (χ3n) is 1.54. The molecule has 0 aliphatic carbocycles. The fraction of sp³-hybridized carbons (Fsp3) is 0.111. The summed E-state index contributed by atoms with van der Waals surface area (Å²) in [7, 11) is 0. The molecular weight excluding hydrogens is 164 g/mol. The molecule has 0 amide bonds. The predicted molar refractivity (Wildman–Crippen MR) is 54.5 cm³/mol. The van der Waals surface area contributed by atoms with Crippen molar-refractivity contribution in [1.29, 1.82) is 0 Å². The molecule has 0 saturated carbocycles. The van der Waals surface area contributed by atoms with E-state index in [1.165, 1.54) is 0 Å². The van der Waals surface area contributed by atoms with Crippen molar-refractivity contribution in [3.63, 3.8) is 0 Å². The minimum Gasteiger partial charge on any atom is -0.399 e. The van der Waals surface area contributed by atoms with Crippen LogP contribution in [-0.4, -0.2) is 6.54 Å². The van der Waals surface area contributed by atoms with E-state index < -0.39 is 0 Å². The molecule has 4 heteroatoms. The number of hydrogen-bond acceptors (Lipinski definition) is 4. The minimum atomic E-state index is 0.578. The minimum absolute atomic E-state index is 0.578. The maximum Gasteiger partial charge on any atom is 0.0561 e. The summed E-state index contributed by atoms with van der Waals surface area (Å²) < 4.78 is 0. The quantitative estimate of drug-likeness (QED) is 0.397. The zero-order chi connectivity index (χ0) is 9.52. The van der Waals surface area contributed by atoms with Crippen LogP contribution >= 0.6 is 0 Å². The van der Waals surface area contributed by atoms with Crippen molar-refractivity contribution < 1.29 is 0 Å². The third kappa shape index (κ3) is 3.48. The van der Waals surface area contributed by atoms with E-state index in [1.54, 1.807) is 6.20 Å². The molecule has 0 unspecified atom stereocenters. The summed E-state index contributed by atoms with van der Waals surface area (Å²) in [6, 6.07) is 9.84. The van der Waals surface area contributed by atoms with Crippen LogP contribution in [0.25, 0.3) is 0 Å². The lowest BCUT2D eigenvalue weighted by Gasteiger charge is -2.05. The highest BCUT2D eigenvalue weighted by Crippen LogP contribution is 2.04. The van der Waals surface area contributed by atoms with Crippen molar-refractivity contribution in [3.8, 4) is 0 Å². The van der Waals surface area contributed by atoms with Crippen LogP contribution in [0.1, 0.15) is 0 Å². The van der Waals surface area contributed by atoms with E-state index in [9.17, 15) is 0 Å². The second-order valence-electron chi connectivity index (χ2n) is 2.61. The summed E-state index contributed by atoms with van der Waals surface area (Å²) >= 11 is 0. The lowest BCUT2D eigenvalue weighted by atomic mass is 10.3. The van der Waals surface area contributed by atoms with E-state index in [0.717, 1.165) is 5.69 Å². The number of para-hydroxylation sites is 1. The molecule has 0 radical (unpaired) electrons. The molecule has 0 heterocycles. The molecule has 13 heavy (non-hydrogen) atoms. The van der Waals surface area contributed by atoms with Gasteiger partial charge in [0.25, 0.3) is 0 Å². The lowest BCUT2D eigenvalue weighted by molar-refractivity contribution is 0.937. The molecule has 0 fully saturated rings. The number of nitrogens with one attached hydrogen (secondary N) is 2. The molecule has 0 bridgehead atoms. The normalized spacial score (nSPS) is 11.0. The van der Waals surface area contributed by atoms with Gasteiger partial charge in [0.1, 0.15) is 0 Å². The van der Waals surface area contributed by atoms with Crippen LogP contribution < -0.4 is 22.3 Å². The number of hydrazine groups is 1. The number of hydrogen-bond donors (Lipinski definition) is 4. The van der Waals surface area contributed by atoms with Crippen molar-refractivity contribution in [2.75, 3.05) is 11.9 Å². The van der Waals surface area contributed by atoms with E-state index in [1.807, 2.05) is 30.3 Å². The van der Waals surface area contributed by atoms with Gasteiger partial charge in [-0.2, -0.15) is 0 Å². The van der Waals surface area contributed by atoms with E-state index in [4.69, 9.17) is 11.6 Å². The van der Waals surface area contributed by atoms with Crippen LogP contribution in [0.2, 0.25) is 0 Å². The van der Waals surface area contributed by atoms with Crippen LogP contribution in [0, 0.1) is 0 Å². The third-order valence-corrected chi connectivity index (χ3v) is 1.54. The monoisotopic (exact) mass is 178 g/mol. The van der Waals surface area contributed by atoms with Gasteiger partial charge >= 0.3 is 0 Å². The zero-order valence-electron chi connectivity index (χ0n) is 7.33. The highest BCUT2D eigenvalue weighted by Gasteiger charge is 1.90. The van der Waals surface area contributed by atoms with E-state index in [0.29, 0.717) is 12.2 Å². The van der Waals surface area contributed by atoms with Gasteiger partial charge in [-0.05, 0) is 12.1 Å². The first-order chi connectivity index (χ1) is 6.33. The summed E-state index contributed by atoms with van der Waals surface area (Å²) in [5.74, 6) is 5.06. The SMILES string of the molecule is NN/C=C(\N)CNc1ccccc1. The van der Waals surface area contributed by atoms with Crippen molar-refractivity contribution >= 4 is 5.69 Å². The summed E-state index contributed by atoms with van der Waals surface area (Å²) in [6.45, 7) is 0.578. The van der Waals surface area contributed by atoms with E-state index in [-0.39, 0.29) is 0 Å². The van der Waals surface area contributed by atoms with Crippen LogP contribution in [-0.2, 0) is 0 Å². The molecule has 0 saturated heterocycles. The topological polar surface area (TPSA) is 76.1 Å². The van der Waals surface area contributed by atoms with Gasteiger partial charge in [-0.15, -0.1) is 0 Å². The average molecular weight is 178 g/mol. The second-order valence-corrected chi connectivity index (χ2v) is 2.61. The molecule has 0 atom stereocenters. The smallest absolute Gasteiger partial charge is 0.0561 e. The van der Waals surface area contributed by atoms with Gasteiger partial charge < -0.3 is 16.5 Å². The Balaban J connectivity index is 2.39. The molecule has 0 aliphatic heterocycles. The van der Waals surface area contributed by atoms with Gasteiger partial charge in [0.15, 0.2) is 0 Å². The molecule has 70 valence electrons. The van der Waals surface area contributed by atoms with Crippen molar-refractivity contribution in [3.05, 3.63) is 42.2 Å².